The van der Waals surface area contributed by atoms with Crippen LogP contribution in [-0.2, 0) is 4.74 Å². The lowest BCUT2D eigenvalue weighted by Crippen LogP contribution is -2.01. The summed E-state index contributed by atoms with van der Waals surface area (Å²) in [5.74, 6) is -1.75. The number of phenolic OH excluding ortho intramolecular Hbond substituents is 1. The standard InChI is InChI=1S/C17H15F2NO3S/c1-3-23-17(22)15-8(2)20-16(24-15)9-4-11-12(14(21)5-9)6-10(18)7-13(11)19/h4-7,17,21-22H,3H2,1-2H3. The van der Waals surface area contributed by atoms with Gasteiger partial charge >= 0.3 is 0 Å². The summed E-state index contributed by atoms with van der Waals surface area (Å²) in [6, 6.07) is 4.74. The zero-order valence-corrected chi connectivity index (χ0v) is 13.8. The van der Waals surface area contributed by atoms with E-state index in [1.54, 1.807) is 13.8 Å². The molecule has 7 heteroatoms. The highest BCUT2D eigenvalue weighted by atomic mass is 32.1. The number of aliphatic hydroxyl groups excluding tert-OH is 1. The van der Waals surface area contributed by atoms with E-state index in [4.69, 9.17) is 4.74 Å². The Hall–Kier alpha value is -2.09. The molecule has 4 nitrogen and oxygen atoms in total. The van der Waals surface area contributed by atoms with Gasteiger partial charge < -0.3 is 14.9 Å². The van der Waals surface area contributed by atoms with Gasteiger partial charge in [0.05, 0.1) is 10.6 Å². The van der Waals surface area contributed by atoms with Crippen LogP contribution in [0.4, 0.5) is 8.78 Å². The number of hydrogen-bond donors (Lipinski definition) is 2. The number of benzene rings is 2. The molecule has 3 aromatic rings. The summed E-state index contributed by atoms with van der Waals surface area (Å²) in [7, 11) is 0. The predicted molar refractivity (Wildman–Crippen MR) is 88.0 cm³/mol. The number of rotatable bonds is 4. The molecule has 1 heterocycles. The number of nitrogens with zero attached hydrogens (tertiary/aromatic N) is 1. The molecule has 0 saturated heterocycles. The van der Waals surface area contributed by atoms with E-state index in [-0.39, 0.29) is 16.5 Å². The Bertz CT molecular complexity index is 910. The topological polar surface area (TPSA) is 62.6 Å². The van der Waals surface area contributed by atoms with E-state index in [0.29, 0.717) is 27.7 Å². The Kier molecular flexibility index (Phi) is 4.49. The van der Waals surface area contributed by atoms with Crippen molar-refractivity contribution in [3.8, 4) is 16.3 Å². The van der Waals surface area contributed by atoms with Crippen LogP contribution in [0.2, 0.25) is 0 Å². The molecule has 2 N–H and O–H groups in total. The van der Waals surface area contributed by atoms with Crippen molar-refractivity contribution >= 4 is 22.1 Å². The number of hydrogen-bond acceptors (Lipinski definition) is 5. The van der Waals surface area contributed by atoms with E-state index in [1.165, 1.54) is 23.5 Å². The van der Waals surface area contributed by atoms with Gasteiger partial charge in [0.25, 0.3) is 0 Å². The molecule has 0 aliphatic heterocycles. The lowest BCUT2D eigenvalue weighted by Gasteiger charge is -2.08. The van der Waals surface area contributed by atoms with Crippen molar-refractivity contribution < 1.29 is 23.7 Å². The number of halogens is 2. The summed E-state index contributed by atoms with van der Waals surface area (Å²) in [5, 5.41) is 20.8. The molecule has 0 spiro atoms. The molecule has 1 aromatic heterocycles. The average Bonchev–Trinajstić information content (AvgIpc) is 2.90. The number of aromatic nitrogens is 1. The fourth-order valence-electron chi connectivity index (χ4n) is 2.48. The van der Waals surface area contributed by atoms with Crippen molar-refractivity contribution in [3.63, 3.8) is 0 Å². The van der Waals surface area contributed by atoms with Gasteiger partial charge in [0, 0.05) is 29.0 Å². The van der Waals surface area contributed by atoms with E-state index in [9.17, 15) is 19.0 Å². The molecule has 0 fully saturated rings. The third kappa shape index (κ3) is 2.98. The molecule has 0 aliphatic rings. The minimum absolute atomic E-state index is 0.0964. The van der Waals surface area contributed by atoms with Crippen molar-refractivity contribution in [2.24, 2.45) is 0 Å². The fraction of sp³-hybridized carbons (Fsp3) is 0.235. The van der Waals surface area contributed by atoms with Gasteiger partial charge in [-0.15, -0.1) is 11.3 Å². The quantitative estimate of drug-likeness (QED) is 0.689. The van der Waals surface area contributed by atoms with E-state index < -0.39 is 17.9 Å². The highest BCUT2D eigenvalue weighted by molar-refractivity contribution is 7.15. The number of phenols is 1. The van der Waals surface area contributed by atoms with E-state index in [1.807, 2.05) is 0 Å². The Morgan fingerprint density at radius 2 is 1.96 bits per heavy atom. The predicted octanol–water partition coefficient (Wildman–Crippen LogP) is 4.28. The number of aryl methyl sites for hydroxylation is 1. The second-order valence-electron chi connectivity index (χ2n) is 5.25. The molecule has 0 bridgehead atoms. The van der Waals surface area contributed by atoms with Crippen LogP contribution in [0.1, 0.15) is 23.8 Å². The van der Waals surface area contributed by atoms with Gasteiger partial charge in [0.15, 0.2) is 6.29 Å². The van der Waals surface area contributed by atoms with Crippen LogP contribution < -0.4 is 0 Å². The monoisotopic (exact) mass is 351 g/mol. The second kappa shape index (κ2) is 6.43. The molecule has 3 rings (SSSR count). The number of aromatic hydroxyl groups is 1. The number of fused-ring (bicyclic) bond motifs is 1. The Morgan fingerprint density at radius 3 is 2.67 bits per heavy atom. The minimum atomic E-state index is -1.08. The van der Waals surface area contributed by atoms with Crippen LogP contribution in [0.15, 0.2) is 24.3 Å². The zero-order chi connectivity index (χ0) is 17.4. The summed E-state index contributed by atoms with van der Waals surface area (Å²) >= 11 is 1.19. The third-order valence-electron chi connectivity index (χ3n) is 3.59. The molecule has 0 amide bonds. The zero-order valence-electron chi connectivity index (χ0n) is 13.0. The molecule has 1 atom stereocenters. The number of ether oxygens (including phenoxy) is 1. The highest BCUT2D eigenvalue weighted by Crippen LogP contribution is 2.37. The van der Waals surface area contributed by atoms with E-state index in [0.717, 1.165) is 12.1 Å². The first-order valence-electron chi connectivity index (χ1n) is 7.29. The van der Waals surface area contributed by atoms with Gasteiger partial charge in [-0.05, 0) is 32.0 Å². The molecule has 24 heavy (non-hydrogen) atoms. The number of thiazole rings is 1. The summed E-state index contributed by atoms with van der Waals surface area (Å²) in [6.07, 6.45) is -1.08. The van der Waals surface area contributed by atoms with Crippen molar-refractivity contribution in [2.45, 2.75) is 20.1 Å². The largest absolute Gasteiger partial charge is 0.507 e. The van der Waals surface area contributed by atoms with E-state index >= 15 is 0 Å². The van der Waals surface area contributed by atoms with Gasteiger partial charge in [0.2, 0.25) is 0 Å². The maximum absolute atomic E-state index is 14.0. The summed E-state index contributed by atoms with van der Waals surface area (Å²) in [6.45, 7) is 3.85. The molecule has 1 unspecified atom stereocenters. The Balaban J connectivity index is 2.12. The Labute approximate surface area is 141 Å². The highest BCUT2D eigenvalue weighted by Gasteiger charge is 2.18. The van der Waals surface area contributed by atoms with Gasteiger partial charge in [-0.3, -0.25) is 0 Å². The van der Waals surface area contributed by atoms with E-state index in [2.05, 4.69) is 4.98 Å². The number of aliphatic hydroxyl groups is 1. The van der Waals surface area contributed by atoms with Crippen LogP contribution in [0, 0.1) is 18.6 Å². The smallest absolute Gasteiger partial charge is 0.192 e. The van der Waals surface area contributed by atoms with Crippen LogP contribution in [0.25, 0.3) is 21.3 Å². The fourth-order valence-corrected chi connectivity index (χ4v) is 3.47. The van der Waals surface area contributed by atoms with Crippen LogP contribution in [0.3, 0.4) is 0 Å². The van der Waals surface area contributed by atoms with Crippen molar-refractivity contribution in [1.82, 2.24) is 4.98 Å². The second-order valence-corrected chi connectivity index (χ2v) is 6.29. The molecule has 0 saturated carbocycles. The first-order valence-corrected chi connectivity index (χ1v) is 8.11. The molecular formula is C17H15F2NO3S. The molecule has 0 radical (unpaired) electrons. The molecule has 0 aliphatic carbocycles. The lowest BCUT2D eigenvalue weighted by molar-refractivity contribution is -0.0959. The van der Waals surface area contributed by atoms with Crippen LogP contribution in [-0.4, -0.2) is 21.8 Å². The van der Waals surface area contributed by atoms with Crippen LogP contribution in [0.5, 0.6) is 5.75 Å². The lowest BCUT2D eigenvalue weighted by atomic mass is 10.1. The summed E-state index contributed by atoms with van der Waals surface area (Å²) in [5.41, 5.74) is 1.07. The Morgan fingerprint density at radius 1 is 1.21 bits per heavy atom. The maximum Gasteiger partial charge on any atom is 0.192 e. The maximum atomic E-state index is 14.0. The first-order chi connectivity index (χ1) is 11.4. The van der Waals surface area contributed by atoms with Crippen molar-refractivity contribution in [3.05, 3.63) is 46.5 Å². The van der Waals surface area contributed by atoms with Gasteiger partial charge in [0.1, 0.15) is 22.4 Å². The normalized spacial score (nSPS) is 12.7. The van der Waals surface area contributed by atoms with Gasteiger partial charge in [-0.1, -0.05) is 0 Å². The summed E-state index contributed by atoms with van der Waals surface area (Å²) < 4.78 is 32.5. The average molecular weight is 351 g/mol. The van der Waals surface area contributed by atoms with Gasteiger partial charge in [-0.25, -0.2) is 13.8 Å². The molecular weight excluding hydrogens is 336 g/mol. The minimum Gasteiger partial charge on any atom is -0.507 e. The SMILES string of the molecule is CCOC(O)c1sc(-c2cc(O)c3cc(F)cc(F)c3c2)nc1C. The first kappa shape index (κ1) is 16.8. The van der Waals surface area contributed by atoms with Gasteiger partial charge in [-0.2, -0.15) is 0 Å². The molecule has 126 valence electrons. The molecule has 2 aromatic carbocycles. The van der Waals surface area contributed by atoms with Crippen LogP contribution >= 0.6 is 11.3 Å². The van der Waals surface area contributed by atoms with Crippen molar-refractivity contribution in [2.75, 3.05) is 6.61 Å². The van der Waals surface area contributed by atoms with Crippen molar-refractivity contribution in [1.29, 1.82) is 0 Å². The third-order valence-corrected chi connectivity index (χ3v) is 4.83. The summed E-state index contributed by atoms with van der Waals surface area (Å²) in [4.78, 5) is 4.90.